The Kier molecular flexibility index (Phi) is 12.0. The first-order valence-electron chi connectivity index (χ1n) is 15.2. The van der Waals surface area contributed by atoms with Gasteiger partial charge in [-0.15, -0.1) is 77.6 Å². The van der Waals surface area contributed by atoms with Crippen molar-refractivity contribution in [1.82, 2.24) is 0 Å². The van der Waals surface area contributed by atoms with Crippen LogP contribution < -0.4 is 20.7 Å². The molecule has 0 fully saturated rings. The summed E-state index contributed by atoms with van der Waals surface area (Å²) < 4.78 is 0. The Morgan fingerprint density at radius 3 is 0.826 bits per heavy atom. The Morgan fingerprint density at radius 2 is 0.587 bits per heavy atom. The lowest BCUT2D eigenvalue weighted by molar-refractivity contribution is 1.70. The summed E-state index contributed by atoms with van der Waals surface area (Å²) in [5.41, 5.74) is -11.9. The zero-order chi connectivity index (χ0) is 34.5. The summed E-state index contributed by atoms with van der Waals surface area (Å²) in [4.78, 5) is 0. The second-order valence-electron chi connectivity index (χ2n) is 14.1. The van der Waals surface area contributed by atoms with Crippen LogP contribution in [0.25, 0.3) is 0 Å². The molecular formula is C31H41Cl7Si8. The van der Waals surface area contributed by atoms with Crippen molar-refractivity contribution in [3.05, 3.63) is 121 Å². The average Bonchev–Trinajstić information content (AvgIpc) is 3.00. The molecule has 46 heavy (non-hydrogen) atoms. The van der Waals surface area contributed by atoms with E-state index in [0.717, 1.165) is 10.4 Å². The first-order chi connectivity index (χ1) is 21.2. The zero-order valence-corrected chi connectivity index (χ0v) is 40.5. The SMILES string of the molecule is C[Si](C)(C)[Si](C)(C)[Si](C)(C)[Si](c1ccccc1)(c1ccccc1)[Si](c1ccccc1)(c1ccccc1)[Si](Cl)(Cl)[Si](Cl)(Cl)[Si](Cl)(Cl)Cl. The van der Waals surface area contributed by atoms with Gasteiger partial charge in [-0.05, 0) is 0 Å². The largest absolute Gasteiger partial charge is 0.358 e. The van der Waals surface area contributed by atoms with Gasteiger partial charge in [0.1, 0.15) is 14.2 Å². The van der Waals surface area contributed by atoms with Crippen LogP contribution in [-0.2, 0) is 0 Å². The molecule has 0 saturated heterocycles. The first-order valence-corrected chi connectivity index (χ1v) is 48.8. The van der Waals surface area contributed by atoms with Crippen LogP contribution in [0.5, 0.6) is 0 Å². The third-order valence-electron chi connectivity index (χ3n) is 11.0. The second-order valence-corrected chi connectivity index (χ2v) is 108. The minimum absolute atomic E-state index is 1.14. The van der Waals surface area contributed by atoms with E-state index in [1.54, 1.807) is 0 Å². The van der Waals surface area contributed by atoms with E-state index in [4.69, 9.17) is 77.6 Å². The highest BCUT2D eigenvalue weighted by atomic mass is 35.9. The fourth-order valence-electron chi connectivity index (χ4n) is 7.56. The second kappa shape index (κ2) is 14.0. The predicted molar refractivity (Wildman–Crippen MR) is 232 cm³/mol. The van der Waals surface area contributed by atoms with E-state index in [1.807, 2.05) is 12.1 Å². The summed E-state index contributed by atoms with van der Waals surface area (Å²) in [6, 6.07) is 43.6. The van der Waals surface area contributed by atoms with E-state index in [0.29, 0.717) is 0 Å². The van der Waals surface area contributed by atoms with Crippen LogP contribution in [0, 0.1) is 0 Å². The van der Waals surface area contributed by atoms with E-state index >= 15 is 0 Å². The molecule has 0 nitrogen and oxygen atoms in total. The molecule has 0 aliphatic carbocycles. The number of hydrogen-bond donors (Lipinski definition) is 0. The van der Waals surface area contributed by atoms with Crippen LogP contribution >= 0.6 is 77.6 Å². The molecule has 0 unspecified atom stereocenters. The summed E-state index contributed by atoms with van der Waals surface area (Å²) in [7, 11) is -13.2. The summed E-state index contributed by atoms with van der Waals surface area (Å²) in [6.45, 7) is 18.3. The van der Waals surface area contributed by atoms with Crippen LogP contribution in [0.1, 0.15) is 0 Å². The molecule has 0 aromatic heterocycles. The molecular weight excluding hydrogens is 845 g/mol. The maximum Gasteiger partial charge on any atom is 0.358 e. The van der Waals surface area contributed by atoms with E-state index < -0.39 is 53.0 Å². The van der Waals surface area contributed by atoms with Gasteiger partial charge in [-0.2, -0.15) is 0 Å². The van der Waals surface area contributed by atoms with Crippen molar-refractivity contribution in [2.45, 2.75) is 45.8 Å². The molecule has 0 N–H and O–H groups in total. The maximum absolute atomic E-state index is 8.39. The predicted octanol–water partition coefficient (Wildman–Crippen LogP) is 9.31. The Morgan fingerprint density at radius 1 is 0.326 bits per heavy atom. The van der Waals surface area contributed by atoms with Crippen molar-refractivity contribution in [3.63, 3.8) is 0 Å². The molecule has 0 radical (unpaired) electrons. The van der Waals surface area contributed by atoms with Gasteiger partial charge in [0.05, 0.1) is 0 Å². The Labute approximate surface area is 315 Å². The van der Waals surface area contributed by atoms with Gasteiger partial charge < -0.3 is 0 Å². The molecule has 0 amide bonds. The molecule has 0 bridgehead atoms. The van der Waals surface area contributed by atoms with Gasteiger partial charge in [0, 0.05) is 21.8 Å². The Hall–Kier alpha value is 0.645. The molecule has 4 aromatic rings. The molecule has 246 valence electrons. The van der Waals surface area contributed by atoms with E-state index in [-0.39, 0.29) is 0 Å². The van der Waals surface area contributed by atoms with Gasteiger partial charge in [-0.3, -0.25) is 0 Å². The highest BCUT2D eigenvalue weighted by Gasteiger charge is 2.84. The van der Waals surface area contributed by atoms with Crippen molar-refractivity contribution in [2.75, 3.05) is 0 Å². The normalized spacial score (nSPS) is 14.3. The average molecular weight is 887 g/mol. The van der Waals surface area contributed by atoms with Crippen molar-refractivity contribution in [2.24, 2.45) is 0 Å². The van der Waals surface area contributed by atoms with Crippen LogP contribution in [-0.4, -0.2) is 53.0 Å². The van der Waals surface area contributed by atoms with E-state index in [9.17, 15) is 0 Å². The van der Waals surface area contributed by atoms with Gasteiger partial charge in [-0.25, -0.2) is 0 Å². The van der Waals surface area contributed by atoms with Gasteiger partial charge >= 0.3 is 11.2 Å². The van der Waals surface area contributed by atoms with Gasteiger partial charge in [0.15, 0.2) is 0 Å². The zero-order valence-electron chi connectivity index (χ0n) is 27.2. The number of rotatable bonds is 11. The highest BCUT2D eigenvalue weighted by Crippen LogP contribution is 2.53. The standard InChI is InChI=1S/C31H41Cl7Si8/c1-39(2,3)40(4,5)41(6,7)42(28-20-12-8-13-21-28,29-22-14-9-15-23-29)43(30-24-16-10-17-25-30,31-26-18-11-19-27-31)45(35,36)46(37,38)44(32,33)34/h8-27H,1-7H3. The molecule has 0 aliphatic rings. The number of halogens is 7. The van der Waals surface area contributed by atoms with Gasteiger partial charge in [0.2, 0.25) is 0 Å². The fourth-order valence-corrected chi connectivity index (χ4v) is 244. The lowest BCUT2D eigenvalue weighted by Crippen LogP contribution is -3.05. The third-order valence-corrected chi connectivity index (χ3v) is 183. The topological polar surface area (TPSA) is 0 Å². The molecule has 0 heterocycles. The quantitative estimate of drug-likeness (QED) is 0.104. The summed E-state index contributed by atoms with van der Waals surface area (Å²) in [5, 5.41) is 4.94. The smallest absolute Gasteiger partial charge is 0.150 e. The number of benzene rings is 4. The lowest BCUT2D eigenvalue weighted by atomic mass is 10.4. The minimum atomic E-state index is -4.02. The lowest BCUT2D eigenvalue weighted by Gasteiger charge is -2.65. The summed E-state index contributed by atoms with van der Waals surface area (Å²) in [5.74, 6) is 0. The molecule has 0 saturated carbocycles. The van der Waals surface area contributed by atoms with E-state index in [1.165, 1.54) is 10.4 Å². The monoisotopic (exact) mass is 882 g/mol. The Bertz CT molecular complexity index is 1410. The van der Waals surface area contributed by atoms with E-state index in [2.05, 4.69) is 155 Å². The van der Waals surface area contributed by atoms with Crippen LogP contribution in [0.3, 0.4) is 0 Å². The molecule has 0 aliphatic heterocycles. The van der Waals surface area contributed by atoms with Crippen molar-refractivity contribution < 1.29 is 0 Å². The minimum Gasteiger partial charge on any atom is -0.150 e. The van der Waals surface area contributed by atoms with Crippen LogP contribution in [0.4, 0.5) is 0 Å². The maximum atomic E-state index is 8.39. The highest BCUT2D eigenvalue weighted by molar-refractivity contribution is 8.32. The van der Waals surface area contributed by atoms with Gasteiger partial charge in [0.25, 0.3) is 5.73 Å². The van der Waals surface area contributed by atoms with Crippen molar-refractivity contribution in [3.8, 4) is 0 Å². The summed E-state index contributed by atoms with van der Waals surface area (Å²) >= 11 is 53.2. The molecule has 15 heteroatoms. The van der Waals surface area contributed by atoms with Crippen molar-refractivity contribution >= 4 is 151 Å². The van der Waals surface area contributed by atoms with Crippen molar-refractivity contribution in [1.29, 1.82) is 0 Å². The molecule has 0 atom stereocenters. The number of hydrogen-bond acceptors (Lipinski definition) is 0. The van der Waals surface area contributed by atoms with Crippen LogP contribution in [0.15, 0.2) is 121 Å². The molecule has 0 spiro atoms. The Balaban J connectivity index is 2.55. The van der Waals surface area contributed by atoms with Gasteiger partial charge in [-0.1, -0.05) is 188 Å². The first kappa shape index (κ1) is 39.4. The molecule has 4 aromatic carbocycles. The van der Waals surface area contributed by atoms with Crippen LogP contribution in [0.2, 0.25) is 45.8 Å². The molecule has 4 rings (SSSR count). The fraction of sp³-hybridized carbons (Fsp3) is 0.226. The summed E-state index contributed by atoms with van der Waals surface area (Å²) in [6.07, 6.45) is 0. The third kappa shape index (κ3) is 5.94.